The summed E-state index contributed by atoms with van der Waals surface area (Å²) < 4.78 is 7.25. The zero-order valence-corrected chi connectivity index (χ0v) is 15.1. The highest BCUT2D eigenvalue weighted by molar-refractivity contribution is 6.03. The summed E-state index contributed by atoms with van der Waals surface area (Å²) in [5.41, 5.74) is 3.22. The Labute approximate surface area is 151 Å². The van der Waals surface area contributed by atoms with Gasteiger partial charge in [-0.05, 0) is 39.0 Å². The topological polar surface area (TPSA) is 85.8 Å². The number of nitrogens with zero attached hydrogens (tertiary/aromatic N) is 4. The molecule has 4 rings (SSSR count). The highest BCUT2D eigenvalue weighted by Gasteiger charge is 2.35. The van der Waals surface area contributed by atoms with Gasteiger partial charge in [-0.2, -0.15) is 0 Å². The lowest BCUT2D eigenvalue weighted by Gasteiger charge is -2.20. The van der Waals surface area contributed by atoms with Gasteiger partial charge in [0.15, 0.2) is 11.6 Å². The van der Waals surface area contributed by atoms with Crippen molar-refractivity contribution in [2.24, 2.45) is 0 Å². The van der Waals surface area contributed by atoms with Crippen LogP contribution >= 0.6 is 0 Å². The van der Waals surface area contributed by atoms with Gasteiger partial charge in [0, 0.05) is 36.7 Å². The average Bonchev–Trinajstić information content (AvgIpc) is 3.22. The molecule has 0 amide bonds. The van der Waals surface area contributed by atoms with E-state index < -0.39 is 0 Å². The lowest BCUT2D eigenvalue weighted by Crippen LogP contribution is -2.21. The number of aryl methyl sites for hydroxylation is 2. The summed E-state index contributed by atoms with van der Waals surface area (Å²) in [7, 11) is 0. The first-order valence-electron chi connectivity index (χ1n) is 8.81. The van der Waals surface area contributed by atoms with Crippen LogP contribution in [0.25, 0.3) is 5.95 Å². The summed E-state index contributed by atoms with van der Waals surface area (Å²) in [4.78, 5) is 21.9. The molecule has 0 aromatic carbocycles. The smallest absolute Gasteiger partial charge is 0.251 e. The van der Waals surface area contributed by atoms with Crippen LogP contribution in [0, 0.1) is 13.8 Å². The van der Waals surface area contributed by atoms with E-state index in [-0.39, 0.29) is 11.7 Å². The number of fused-ring (bicyclic) bond motifs is 1. The molecule has 7 nitrogen and oxygen atoms in total. The molecule has 0 bridgehead atoms. The van der Waals surface area contributed by atoms with Crippen molar-refractivity contribution in [2.45, 2.75) is 39.5 Å². The van der Waals surface area contributed by atoms with Gasteiger partial charge in [0.1, 0.15) is 5.76 Å². The summed E-state index contributed by atoms with van der Waals surface area (Å²) in [5, 5.41) is 7.83. The fraction of sp³-hybridized carbons (Fsp3) is 0.368. The van der Waals surface area contributed by atoms with Gasteiger partial charge in [0.2, 0.25) is 0 Å². The first kappa shape index (κ1) is 16.5. The van der Waals surface area contributed by atoms with E-state index in [4.69, 9.17) is 4.42 Å². The molecule has 134 valence electrons. The van der Waals surface area contributed by atoms with Gasteiger partial charge in [-0.15, -0.1) is 5.10 Å². The van der Waals surface area contributed by atoms with Crippen molar-refractivity contribution in [3.63, 3.8) is 0 Å². The largest absolute Gasteiger partial charge is 0.469 e. The van der Waals surface area contributed by atoms with Crippen LogP contribution in [-0.2, 0) is 6.42 Å². The molecule has 7 heteroatoms. The maximum atomic E-state index is 12.9. The second-order valence-electron chi connectivity index (χ2n) is 6.61. The fourth-order valence-corrected chi connectivity index (χ4v) is 3.55. The molecular formula is C19H21N5O2. The van der Waals surface area contributed by atoms with Crippen molar-refractivity contribution < 1.29 is 9.21 Å². The summed E-state index contributed by atoms with van der Waals surface area (Å²) in [6.07, 6.45) is 2.71. The van der Waals surface area contributed by atoms with Gasteiger partial charge < -0.3 is 9.73 Å². The molecule has 0 spiro atoms. The van der Waals surface area contributed by atoms with Crippen LogP contribution in [-0.4, -0.2) is 32.1 Å². The van der Waals surface area contributed by atoms with Crippen molar-refractivity contribution in [3.05, 3.63) is 52.9 Å². The first-order valence-corrected chi connectivity index (χ1v) is 8.81. The van der Waals surface area contributed by atoms with E-state index in [0.717, 1.165) is 22.8 Å². The van der Waals surface area contributed by atoms with Crippen molar-refractivity contribution in [2.75, 3.05) is 11.9 Å². The van der Waals surface area contributed by atoms with Crippen molar-refractivity contribution in [3.8, 4) is 5.95 Å². The van der Waals surface area contributed by atoms with E-state index in [1.165, 1.54) is 0 Å². The molecule has 3 heterocycles. The monoisotopic (exact) mass is 351 g/mol. The second-order valence-corrected chi connectivity index (χ2v) is 6.61. The molecule has 1 N–H and O–H groups in total. The van der Waals surface area contributed by atoms with Crippen LogP contribution in [0.5, 0.6) is 0 Å². The number of nitrogens with one attached hydrogen (secondary N) is 1. The molecule has 1 aliphatic carbocycles. The molecule has 0 fully saturated rings. The number of Topliss-reactive ketones (excluding diaryl/α,β-unsaturated/α-hetero) is 1. The molecule has 1 atom stereocenters. The van der Waals surface area contributed by atoms with Gasteiger partial charge in [-0.25, -0.2) is 14.6 Å². The van der Waals surface area contributed by atoms with Crippen LogP contribution in [0.4, 0.5) is 5.82 Å². The summed E-state index contributed by atoms with van der Waals surface area (Å²) >= 11 is 0. The van der Waals surface area contributed by atoms with Crippen LogP contribution < -0.4 is 5.32 Å². The highest BCUT2D eigenvalue weighted by Crippen LogP contribution is 2.36. The van der Waals surface area contributed by atoms with Crippen molar-refractivity contribution >= 4 is 11.6 Å². The Bertz CT molecular complexity index is 938. The molecule has 0 aliphatic heterocycles. The van der Waals surface area contributed by atoms with E-state index in [1.807, 2.05) is 39.0 Å². The van der Waals surface area contributed by atoms with Crippen molar-refractivity contribution in [1.29, 1.82) is 0 Å². The molecule has 26 heavy (non-hydrogen) atoms. The van der Waals surface area contributed by atoms with E-state index >= 15 is 0 Å². The molecule has 0 saturated heterocycles. The van der Waals surface area contributed by atoms with Gasteiger partial charge in [-0.1, -0.05) is 0 Å². The van der Waals surface area contributed by atoms with E-state index in [9.17, 15) is 4.79 Å². The van der Waals surface area contributed by atoms with Gasteiger partial charge in [0.25, 0.3) is 5.95 Å². The first-order chi connectivity index (χ1) is 12.6. The molecule has 1 aliphatic rings. The maximum Gasteiger partial charge on any atom is 0.251 e. The van der Waals surface area contributed by atoms with Crippen LogP contribution in [0.15, 0.2) is 28.9 Å². The Morgan fingerprint density at radius 1 is 1.27 bits per heavy atom. The minimum absolute atomic E-state index is 0.000771. The number of anilines is 1. The third-order valence-corrected chi connectivity index (χ3v) is 4.58. The average molecular weight is 351 g/mol. The lowest BCUT2D eigenvalue weighted by atomic mass is 9.85. The number of furan rings is 1. The molecule has 0 saturated carbocycles. The lowest BCUT2D eigenvalue weighted by molar-refractivity contribution is 0.0960. The Balaban J connectivity index is 1.86. The number of carbonyl (C=O) groups is 1. The molecule has 0 radical (unpaired) electrons. The van der Waals surface area contributed by atoms with Gasteiger partial charge in [0.05, 0.1) is 17.5 Å². The quantitative estimate of drug-likeness (QED) is 0.777. The van der Waals surface area contributed by atoms with Gasteiger partial charge >= 0.3 is 0 Å². The predicted octanol–water partition coefficient (Wildman–Crippen LogP) is 3.22. The van der Waals surface area contributed by atoms with E-state index in [0.29, 0.717) is 36.7 Å². The zero-order chi connectivity index (χ0) is 18.3. The number of ketones is 1. The van der Waals surface area contributed by atoms with Crippen LogP contribution in [0.1, 0.15) is 52.5 Å². The molecular weight excluding hydrogens is 330 g/mol. The number of aromatic nitrogens is 4. The minimum Gasteiger partial charge on any atom is -0.469 e. The normalized spacial score (nSPS) is 16.6. The number of hydrogen-bond donors (Lipinski definition) is 1. The zero-order valence-electron chi connectivity index (χ0n) is 15.1. The third kappa shape index (κ3) is 2.79. The number of hydrogen-bond acceptors (Lipinski definition) is 6. The molecule has 0 unspecified atom stereocenters. The van der Waals surface area contributed by atoms with Gasteiger partial charge in [-0.3, -0.25) is 4.79 Å². The summed E-state index contributed by atoms with van der Waals surface area (Å²) in [5.74, 6) is 1.99. The minimum atomic E-state index is 0.000771. The maximum absolute atomic E-state index is 12.9. The third-order valence-electron chi connectivity index (χ3n) is 4.58. The Morgan fingerprint density at radius 2 is 2.04 bits per heavy atom. The van der Waals surface area contributed by atoms with Crippen LogP contribution in [0.3, 0.4) is 0 Å². The van der Waals surface area contributed by atoms with E-state index in [1.54, 1.807) is 10.9 Å². The summed E-state index contributed by atoms with van der Waals surface area (Å²) in [6.45, 7) is 6.52. The Hall–Kier alpha value is -2.96. The Morgan fingerprint density at radius 3 is 2.69 bits per heavy atom. The fourth-order valence-electron chi connectivity index (χ4n) is 3.55. The Kier molecular flexibility index (Phi) is 4.06. The predicted molar refractivity (Wildman–Crippen MR) is 96.9 cm³/mol. The van der Waals surface area contributed by atoms with Crippen molar-refractivity contribution in [1.82, 2.24) is 19.7 Å². The second kappa shape index (κ2) is 6.40. The summed E-state index contributed by atoms with van der Waals surface area (Å²) in [6, 6.07) is 5.69. The standard InChI is InChI=1S/C19H21N5O2/c1-4-20-18-17-14(9-13(10-15(17)25)16-6-5-7-26-16)24(23-18)19-21-11(2)8-12(3)22-19/h5-8,13H,4,9-10H2,1-3H3,(H,20,23)/t13-/m1/s1. The number of carbonyl (C=O) groups excluding carboxylic acids is 1. The number of rotatable bonds is 4. The highest BCUT2D eigenvalue weighted by atomic mass is 16.3. The van der Waals surface area contributed by atoms with E-state index in [2.05, 4.69) is 20.4 Å². The van der Waals surface area contributed by atoms with Crippen LogP contribution in [0.2, 0.25) is 0 Å². The molecule has 3 aromatic rings. The SMILES string of the molecule is CCNc1nn(-c2nc(C)cc(C)n2)c2c1C(=O)C[C@H](c1ccco1)C2. The molecule has 3 aromatic heterocycles.